The summed E-state index contributed by atoms with van der Waals surface area (Å²) in [6, 6.07) is -0.312. The molecule has 1 aliphatic heterocycles. The first-order chi connectivity index (χ1) is 9.64. The lowest BCUT2D eigenvalue weighted by atomic mass is 9.73. The van der Waals surface area contributed by atoms with Crippen molar-refractivity contribution in [2.24, 2.45) is 11.7 Å². The quantitative estimate of drug-likeness (QED) is 0.877. The van der Waals surface area contributed by atoms with Crippen LogP contribution in [-0.2, 0) is 4.79 Å². The number of aromatic nitrogens is 1. The van der Waals surface area contributed by atoms with Gasteiger partial charge in [0.25, 0.3) is 0 Å². The second-order valence-corrected chi connectivity index (χ2v) is 6.94. The molecule has 0 aromatic carbocycles. The summed E-state index contributed by atoms with van der Waals surface area (Å²) in [6.45, 7) is 0.851. The molecular weight excluding hydrogens is 274 g/mol. The molecule has 0 bridgehead atoms. The molecule has 110 valence electrons. The first-order valence-corrected chi connectivity index (χ1v) is 8.09. The van der Waals surface area contributed by atoms with Gasteiger partial charge < -0.3 is 15.7 Å². The summed E-state index contributed by atoms with van der Waals surface area (Å²) in [7, 11) is 0. The van der Waals surface area contributed by atoms with Crippen LogP contribution in [0.5, 0.6) is 0 Å². The third-order valence-electron chi connectivity index (χ3n) is 4.69. The third kappa shape index (κ3) is 2.36. The van der Waals surface area contributed by atoms with Crippen molar-refractivity contribution in [3.8, 4) is 0 Å². The van der Waals surface area contributed by atoms with Crippen LogP contribution in [0.25, 0.3) is 0 Å². The largest absolute Gasteiger partial charge is 0.396 e. The Balaban J connectivity index is 1.67. The molecule has 1 spiro atoms. The molecule has 2 unspecified atom stereocenters. The van der Waals surface area contributed by atoms with E-state index < -0.39 is 0 Å². The van der Waals surface area contributed by atoms with Crippen LogP contribution < -0.4 is 5.73 Å². The maximum atomic E-state index is 12.6. The van der Waals surface area contributed by atoms with Crippen molar-refractivity contribution in [3.63, 3.8) is 0 Å². The van der Waals surface area contributed by atoms with Gasteiger partial charge in [-0.3, -0.25) is 4.79 Å². The van der Waals surface area contributed by atoms with Crippen LogP contribution in [0.2, 0.25) is 0 Å². The molecule has 1 amide bonds. The Morgan fingerprint density at radius 1 is 1.65 bits per heavy atom. The highest BCUT2D eigenvalue weighted by Gasteiger charge is 2.51. The van der Waals surface area contributed by atoms with Crippen LogP contribution in [0.4, 0.5) is 0 Å². The van der Waals surface area contributed by atoms with Gasteiger partial charge in [-0.25, -0.2) is 4.98 Å². The van der Waals surface area contributed by atoms with E-state index in [9.17, 15) is 9.90 Å². The summed E-state index contributed by atoms with van der Waals surface area (Å²) >= 11 is 1.49. The number of nitrogens with zero attached hydrogens (tertiary/aromatic N) is 2. The van der Waals surface area contributed by atoms with Crippen molar-refractivity contribution in [1.29, 1.82) is 0 Å². The zero-order chi connectivity index (χ0) is 14.2. The van der Waals surface area contributed by atoms with Crippen molar-refractivity contribution in [2.45, 2.75) is 43.7 Å². The number of aliphatic hydroxyl groups is 1. The topological polar surface area (TPSA) is 79.5 Å². The van der Waals surface area contributed by atoms with Gasteiger partial charge in [0.05, 0.1) is 6.04 Å². The van der Waals surface area contributed by atoms with Crippen LogP contribution in [0.3, 0.4) is 0 Å². The van der Waals surface area contributed by atoms with Gasteiger partial charge >= 0.3 is 0 Å². The highest BCUT2D eigenvalue weighted by atomic mass is 32.1. The van der Waals surface area contributed by atoms with Gasteiger partial charge in [-0.05, 0) is 25.7 Å². The zero-order valence-corrected chi connectivity index (χ0v) is 12.3. The van der Waals surface area contributed by atoms with Crippen molar-refractivity contribution in [1.82, 2.24) is 9.88 Å². The van der Waals surface area contributed by atoms with Crippen LogP contribution in [0.1, 0.15) is 43.2 Å². The van der Waals surface area contributed by atoms with E-state index in [0.717, 1.165) is 24.3 Å². The molecule has 3 N–H and O–H groups in total. The van der Waals surface area contributed by atoms with Crippen molar-refractivity contribution < 1.29 is 9.90 Å². The predicted octanol–water partition coefficient (Wildman–Crippen LogP) is 1.30. The summed E-state index contributed by atoms with van der Waals surface area (Å²) in [5.41, 5.74) is 6.10. The van der Waals surface area contributed by atoms with E-state index in [1.165, 1.54) is 17.8 Å². The number of hydrogen-bond acceptors (Lipinski definition) is 5. The van der Waals surface area contributed by atoms with Gasteiger partial charge in [0.2, 0.25) is 5.91 Å². The molecule has 5 nitrogen and oxygen atoms in total. The number of carbonyl (C=O) groups excluding carboxylic acids is 1. The molecule has 0 radical (unpaired) electrons. The number of aliphatic hydroxyl groups excluding tert-OH is 1. The molecule has 2 aliphatic rings. The van der Waals surface area contributed by atoms with Crippen molar-refractivity contribution in [2.75, 3.05) is 13.2 Å². The number of likely N-dealkylation sites (tertiary alicyclic amines) is 1. The molecule has 1 aromatic rings. The summed E-state index contributed by atoms with van der Waals surface area (Å²) in [5.74, 6) is 0.346. The van der Waals surface area contributed by atoms with E-state index in [1.807, 2.05) is 10.3 Å². The highest BCUT2D eigenvalue weighted by molar-refractivity contribution is 7.09. The van der Waals surface area contributed by atoms with E-state index in [1.54, 1.807) is 6.20 Å². The minimum absolute atomic E-state index is 0.0209. The molecule has 2 fully saturated rings. The van der Waals surface area contributed by atoms with Gasteiger partial charge in [-0.15, -0.1) is 11.3 Å². The predicted molar refractivity (Wildman–Crippen MR) is 77.1 cm³/mol. The second-order valence-electron chi connectivity index (χ2n) is 6.02. The number of nitrogens with two attached hydrogens (primary N) is 1. The lowest BCUT2D eigenvalue weighted by Crippen LogP contribution is -2.52. The minimum Gasteiger partial charge on any atom is -0.396 e. The molecule has 3 rings (SSSR count). The van der Waals surface area contributed by atoms with Crippen molar-refractivity contribution >= 4 is 17.2 Å². The summed E-state index contributed by atoms with van der Waals surface area (Å²) in [4.78, 5) is 18.7. The monoisotopic (exact) mass is 295 g/mol. The van der Waals surface area contributed by atoms with Gasteiger partial charge in [0.15, 0.2) is 0 Å². The zero-order valence-electron chi connectivity index (χ0n) is 11.5. The first kappa shape index (κ1) is 14.0. The number of carbonyl (C=O) groups is 1. The molecular formula is C14H21N3O2S. The Kier molecular flexibility index (Phi) is 3.79. The molecule has 1 aromatic heterocycles. The Morgan fingerprint density at radius 3 is 3.00 bits per heavy atom. The van der Waals surface area contributed by atoms with Gasteiger partial charge in [-0.2, -0.15) is 0 Å². The van der Waals surface area contributed by atoms with Crippen LogP contribution in [0, 0.1) is 5.92 Å². The lowest BCUT2D eigenvalue weighted by Gasteiger charge is -2.46. The highest BCUT2D eigenvalue weighted by Crippen LogP contribution is 2.47. The van der Waals surface area contributed by atoms with Crippen LogP contribution in [0.15, 0.2) is 11.6 Å². The maximum Gasteiger partial charge on any atom is 0.225 e. The maximum absolute atomic E-state index is 12.6. The fraction of sp³-hybridized carbons (Fsp3) is 0.714. The normalized spacial score (nSPS) is 25.7. The smallest absolute Gasteiger partial charge is 0.225 e. The molecule has 1 saturated heterocycles. The average molecular weight is 295 g/mol. The lowest BCUT2D eigenvalue weighted by molar-refractivity contribution is -0.138. The Labute approximate surface area is 122 Å². The van der Waals surface area contributed by atoms with Gasteiger partial charge in [0, 0.05) is 42.6 Å². The molecule has 6 heteroatoms. The van der Waals surface area contributed by atoms with E-state index >= 15 is 0 Å². The average Bonchev–Trinajstić information content (AvgIpc) is 3.05. The summed E-state index contributed by atoms with van der Waals surface area (Å²) in [6.07, 6.45) is 6.30. The van der Waals surface area contributed by atoms with Crippen LogP contribution >= 0.6 is 11.3 Å². The van der Waals surface area contributed by atoms with Gasteiger partial charge in [0.1, 0.15) is 5.01 Å². The fourth-order valence-corrected chi connectivity index (χ4v) is 4.16. The molecule has 2 atom stereocenters. The van der Waals surface area contributed by atoms with Crippen LogP contribution in [-0.4, -0.2) is 39.6 Å². The third-order valence-corrected chi connectivity index (χ3v) is 5.60. The molecule has 2 heterocycles. The number of rotatable bonds is 4. The minimum atomic E-state index is -0.312. The Morgan fingerprint density at radius 2 is 2.45 bits per heavy atom. The number of thiazole rings is 1. The van der Waals surface area contributed by atoms with E-state index in [2.05, 4.69) is 4.98 Å². The number of hydrogen-bond donors (Lipinski definition) is 2. The Bertz CT molecular complexity index is 473. The SMILES string of the molecule is NC(CC(=O)N1CC(CO)CC12CCC2)c1nccs1. The summed E-state index contributed by atoms with van der Waals surface area (Å²) < 4.78 is 0. The molecule has 1 aliphatic carbocycles. The summed E-state index contributed by atoms with van der Waals surface area (Å²) in [5, 5.41) is 12.1. The van der Waals surface area contributed by atoms with Gasteiger partial charge in [-0.1, -0.05) is 0 Å². The van der Waals surface area contributed by atoms with E-state index in [0.29, 0.717) is 13.0 Å². The Hall–Kier alpha value is -0.980. The second kappa shape index (κ2) is 5.42. The fourth-order valence-electron chi connectivity index (χ4n) is 3.51. The number of amides is 1. The standard InChI is InChI=1S/C14H21N3O2S/c15-11(13-16-4-5-20-13)6-12(19)17-8-10(9-18)7-14(17)2-1-3-14/h4-5,10-11,18H,1-3,6-9,15H2. The molecule has 1 saturated carbocycles. The molecule has 20 heavy (non-hydrogen) atoms. The van der Waals surface area contributed by atoms with E-state index in [4.69, 9.17) is 5.73 Å². The first-order valence-electron chi connectivity index (χ1n) is 7.21. The van der Waals surface area contributed by atoms with Crippen molar-refractivity contribution in [3.05, 3.63) is 16.6 Å². The van der Waals surface area contributed by atoms with E-state index in [-0.39, 0.29) is 30.0 Å².